The summed E-state index contributed by atoms with van der Waals surface area (Å²) in [6.45, 7) is 3.17. The van der Waals surface area contributed by atoms with Gasteiger partial charge in [-0.2, -0.15) is 5.06 Å². The Labute approximate surface area is 203 Å². The molecule has 35 heavy (non-hydrogen) atoms. The molecule has 0 saturated carbocycles. The SMILES string of the molecule is O=C1/C(=C(\Nc2ccc(CN3CCCCC3)cc2)c2ccccc2)c2ccc([N+](=O)[O-])cc2N1O. The van der Waals surface area contributed by atoms with Crippen LogP contribution in [0.15, 0.2) is 72.8 Å². The lowest BCUT2D eigenvalue weighted by atomic mass is 9.99. The summed E-state index contributed by atoms with van der Waals surface area (Å²) in [6, 6.07) is 21.5. The molecule has 0 bridgehead atoms. The Morgan fingerprint density at radius 2 is 1.69 bits per heavy atom. The zero-order valence-electron chi connectivity index (χ0n) is 19.2. The molecule has 0 spiro atoms. The van der Waals surface area contributed by atoms with E-state index in [9.17, 15) is 20.1 Å². The smallest absolute Gasteiger partial charge is 0.284 e. The Morgan fingerprint density at radius 1 is 0.971 bits per heavy atom. The second-order valence-corrected chi connectivity index (χ2v) is 8.85. The van der Waals surface area contributed by atoms with Crippen LogP contribution in [0.5, 0.6) is 0 Å². The number of likely N-dealkylation sites (tertiary alicyclic amines) is 1. The Bertz CT molecular complexity index is 1280. The van der Waals surface area contributed by atoms with Crippen LogP contribution in [0.3, 0.4) is 0 Å². The van der Waals surface area contributed by atoms with Gasteiger partial charge in [0, 0.05) is 29.9 Å². The van der Waals surface area contributed by atoms with Gasteiger partial charge in [0.25, 0.3) is 11.6 Å². The molecule has 1 amide bonds. The molecule has 8 nitrogen and oxygen atoms in total. The molecule has 0 unspecified atom stereocenters. The highest BCUT2D eigenvalue weighted by molar-refractivity contribution is 6.37. The first-order chi connectivity index (χ1) is 17.0. The highest BCUT2D eigenvalue weighted by atomic mass is 16.6. The molecule has 2 aliphatic heterocycles. The van der Waals surface area contributed by atoms with Gasteiger partial charge >= 0.3 is 0 Å². The summed E-state index contributed by atoms with van der Waals surface area (Å²) >= 11 is 0. The number of hydrogen-bond acceptors (Lipinski definition) is 6. The highest BCUT2D eigenvalue weighted by Crippen LogP contribution is 2.41. The molecule has 178 valence electrons. The minimum Gasteiger partial charge on any atom is -0.354 e. The number of hydrogen-bond donors (Lipinski definition) is 2. The molecular weight excluding hydrogens is 444 g/mol. The standard InChI is InChI=1S/C27H26N4O4/c32-27-25(23-14-13-22(31(34)35)17-24(23)30(27)33)26(20-7-3-1-4-8-20)28-21-11-9-19(10-12-21)18-29-15-5-2-6-16-29/h1,3-4,7-14,17,28,33H,2,5-6,15-16,18H2/b26-25-. The maximum Gasteiger partial charge on any atom is 0.284 e. The van der Waals surface area contributed by atoms with E-state index in [1.54, 1.807) is 0 Å². The van der Waals surface area contributed by atoms with Crippen molar-refractivity contribution in [3.05, 3.63) is 99.6 Å². The Kier molecular flexibility index (Phi) is 6.31. The van der Waals surface area contributed by atoms with Gasteiger partial charge in [-0.25, -0.2) is 0 Å². The number of benzene rings is 3. The zero-order chi connectivity index (χ0) is 24.4. The van der Waals surface area contributed by atoms with Crippen LogP contribution in [0, 0.1) is 10.1 Å². The van der Waals surface area contributed by atoms with Gasteiger partial charge in [-0.3, -0.25) is 25.0 Å². The van der Waals surface area contributed by atoms with Crippen LogP contribution in [0.1, 0.15) is 36.0 Å². The fourth-order valence-electron chi connectivity index (χ4n) is 4.69. The van der Waals surface area contributed by atoms with E-state index in [1.165, 1.54) is 43.0 Å². The highest BCUT2D eigenvalue weighted by Gasteiger charge is 2.36. The van der Waals surface area contributed by atoms with E-state index in [4.69, 9.17) is 0 Å². The van der Waals surface area contributed by atoms with Gasteiger partial charge < -0.3 is 5.32 Å². The maximum atomic E-state index is 13.1. The fraction of sp³-hybridized carbons (Fsp3) is 0.222. The lowest BCUT2D eigenvalue weighted by molar-refractivity contribution is -0.384. The molecule has 2 aliphatic rings. The van der Waals surface area contributed by atoms with Crippen LogP contribution < -0.4 is 10.4 Å². The number of rotatable bonds is 6. The van der Waals surface area contributed by atoms with Gasteiger partial charge in [-0.15, -0.1) is 0 Å². The van der Waals surface area contributed by atoms with Gasteiger partial charge in [-0.1, -0.05) is 48.9 Å². The molecule has 0 aliphatic carbocycles. The predicted octanol–water partition coefficient (Wildman–Crippen LogP) is 5.30. The third-order valence-corrected chi connectivity index (χ3v) is 6.49. The van der Waals surface area contributed by atoms with Crippen LogP contribution in [-0.2, 0) is 11.3 Å². The van der Waals surface area contributed by atoms with Gasteiger partial charge in [0.2, 0.25) is 0 Å². The van der Waals surface area contributed by atoms with Gasteiger partial charge in [0.05, 0.1) is 21.9 Å². The first-order valence-electron chi connectivity index (χ1n) is 11.7. The minimum atomic E-state index is -0.645. The van der Waals surface area contributed by atoms with Crippen molar-refractivity contribution in [1.82, 2.24) is 4.90 Å². The first-order valence-corrected chi connectivity index (χ1v) is 11.7. The fourth-order valence-corrected chi connectivity index (χ4v) is 4.69. The number of non-ortho nitro benzene ring substituents is 1. The zero-order valence-corrected chi connectivity index (χ0v) is 19.2. The monoisotopic (exact) mass is 470 g/mol. The van der Waals surface area contributed by atoms with E-state index < -0.39 is 10.8 Å². The van der Waals surface area contributed by atoms with Crippen molar-refractivity contribution in [2.24, 2.45) is 0 Å². The van der Waals surface area contributed by atoms with Crippen molar-refractivity contribution >= 4 is 34.2 Å². The Morgan fingerprint density at radius 3 is 2.37 bits per heavy atom. The third kappa shape index (κ3) is 4.66. The molecule has 0 atom stereocenters. The number of fused-ring (bicyclic) bond motifs is 1. The van der Waals surface area contributed by atoms with Crippen LogP contribution in [0.4, 0.5) is 17.1 Å². The lowest BCUT2D eigenvalue weighted by Crippen LogP contribution is -2.29. The molecule has 0 radical (unpaired) electrons. The summed E-state index contributed by atoms with van der Waals surface area (Å²) in [5.74, 6) is -0.645. The molecule has 3 aromatic carbocycles. The van der Waals surface area contributed by atoms with Gasteiger partial charge in [-0.05, 0) is 55.3 Å². The van der Waals surface area contributed by atoms with E-state index in [-0.39, 0.29) is 16.9 Å². The number of carbonyl (C=O) groups is 1. The summed E-state index contributed by atoms with van der Waals surface area (Å²) in [5, 5.41) is 25.5. The lowest BCUT2D eigenvalue weighted by Gasteiger charge is -2.26. The number of amides is 1. The molecule has 2 N–H and O–H groups in total. The third-order valence-electron chi connectivity index (χ3n) is 6.49. The molecule has 3 aromatic rings. The van der Waals surface area contributed by atoms with E-state index in [2.05, 4.69) is 22.3 Å². The van der Waals surface area contributed by atoms with E-state index in [1.807, 2.05) is 42.5 Å². The van der Waals surface area contributed by atoms with Gasteiger partial charge in [0.1, 0.15) is 0 Å². The summed E-state index contributed by atoms with van der Waals surface area (Å²) < 4.78 is 0. The maximum absolute atomic E-state index is 13.1. The van der Waals surface area contributed by atoms with Crippen molar-refractivity contribution in [2.45, 2.75) is 25.8 Å². The quantitative estimate of drug-likeness (QED) is 0.220. The number of nitrogens with zero attached hydrogens (tertiary/aromatic N) is 3. The van der Waals surface area contributed by atoms with Gasteiger partial charge in [0.15, 0.2) is 0 Å². The summed E-state index contributed by atoms with van der Waals surface area (Å²) in [6.07, 6.45) is 3.79. The van der Waals surface area contributed by atoms with Crippen LogP contribution >= 0.6 is 0 Å². The number of carbonyl (C=O) groups excluding carboxylic acids is 1. The number of nitro groups is 1. The largest absolute Gasteiger partial charge is 0.354 e. The summed E-state index contributed by atoms with van der Waals surface area (Å²) in [4.78, 5) is 26.3. The minimum absolute atomic E-state index is 0.0892. The topological polar surface area (TPSA) is 99.0 Å². The Balaban J connectivity index is 1.51. The number of nitrogens with one attached hydrogen (secondary N) is 1. The van der Waals surface area contributed by atoms with E-state index >= 15 is 0 Å². The second-order valence-electron chi connectivity index (χ2n) is 8.85. The van der Waals surface area contributed by atoms with E-state index in [0.29, 0.717) is 16.3 Å². The summed E-state index contributed by atoms with van der Waals surface area (Å²) in [7, 11) is 0. The molecule has 1 saturated heterocycles. The van der Waals surface area contributed by atoms with Crippen molar-refractivity contribution in [1.29, 1.82) is 0 Å². The van der Waals surface area contributed by atoms with Crippen molar-refractivity contribution in [3.63, 3.8) is 0 Å². The second kappa shape index (κ2) is 9.69. The van der Waals surface area contributed by atoms with E-state index in [0.717, 1.165) is 30.9 Å². The number of hydroxylamine groups is 1. The molecular formula is C27H26N4O4. The number of piperidine rings is 1. The molecule has 2 heterocycles. The normalized spacial score (nSPS) is 17.3. The summed E-state index contributed by atoms with van der Waals surface area (Å²) in [5.41, 5.74) is 3.87. The van der Waals surface area contributed by atoms with Crippen molar-refractivity contribution in [3.8, 4) is 0 Å². The number of nitro benzene ring substituents is 1. The predicted molar refractivity (Wildman–Crippen MR) is 135 cm³/mol. The molecule has 1 fully saturated rings. The first kappa shape index (κ1) is 22.8. The average molecular weight is 471 g/mol. The van der Waals surface area contributed by atoms with Crippen molar-refractivity contribution in [2.75, 3.05) is 23.5 Å². The van der Waals surface area contributed by atoms with Crippen molar-refractivity contribution < 1.29 is 14.9 Å². The number of anilines is 2. The Hall–Kier alpha value is -4.01. The molecule has 5 rings (SSSR count). The molecule has 0 aromatic heterocycles. The molecule has 8 heteroatoms. The van der Waals surface area contributed by atoms with Crippen LogP contribution in [0.2, 0.25) is 0 Å². The van der Waals surface area contributed by atoms with Crippen LogP contribution in [0.25, 0.3) is 11.3 Å². The average Bonchev–Trinajstić information content (AvgIpc) is 3.14. The van der Waals surface area contributed by atoms with Crippen LogP contribution in [-0.4, -0.2) is 34.0 Å².